The van der Waals surface area contributed by atoms with Crippen LogP contribution in [0.25, 0.3) is 0 Å². The molecule has 1 radical (unpaired) electrons. The van der Waals surface area contributed by atoms with Crippen LogP contribution < -0.4 is 21.9 Å². The van der Waals surface area contributed by atoms with Gasteiger partial charge in [0.1, 0.15) is 5.69 Å². The summed E-state index contributed by atoms with van der Waals surface area (Å²) >= 11 is 0. The van der Waals surface area contributed by atoms with E-state index in [1.165, 1.54) is 6.92 Å². The van der Waals surface area contributed by atoms with E-state index >= 15 is 0 Å². The maximum absolute atomic E-state index is 10.7. The Morgan fingerprint density at radius 3 is 2.46 bits per heavy atom. The summed E-state index contributed by atoms with van der Waals surface area (Å²) in [4.78, 5) is 7.19. The Balaban J connectivity index is 3.05. The van der Waals surface area contributed by atoms with Gasteiger partial charge in [0.2, 0.25) is 18.1 Å². The number of rotatable bonds is 2. The highest BCUT2D eigenvalue weighted by atomic mass is 16.6. The summed E-state index contributed by atoms with van der Waals surface area (Å²) in [6.07, 6.45) is -1.28. The Bertz CT molecular complexity index is 314. The molecule has 0 amide bonds. The van der Waals surface area contributed by atoms with Gasteiger partial charge in [0.25, 0.3) is 0 Å². The molecule has 0 saturated heterocycles. The first-order chi connectivity index (χ1) is 6.00. The number of nitrogens with two attached hydrogens (primary N) is 3. The summed E-state index contributed by atoms with van der Waals surface area (Å²) in [5, 5.41) is 10.7. The zero-order valence-corrected chi connectivity index (χ0v) is 7.02. The van der Waals surface area contributed by atoms with E-state index in [-0.39, 0.29) is 23.3 Å². The number of nitrogens with zero attached hydrogens (tertiary/aromatic N) is 2. The standard InChI is InChI=1S/C6H10N5O2/c1-2(12)13-5-3(7)4(8)10-6(9)11-5/h2H,7H2,1H3,(H4,8,9,10,11). The molecule has 0 fully saturated rings. The molecule has 0 aliphatic carbocycles. The van der Waals surface area contributed by atoms with Gasteiger partial charge in [-0.1, -0.05) is 0 Å². The number of nitrogen functional groups attached to an aromatic ring is 3. The molecular weight excluding hydrogens is 174 g/mol. The van der Waals surface area contributed by atoms with E-state index in [9.17, 15) is 5.11 Å². The molecule has 0 aromatic carbocycles. The topological polar surface area (TPSA) is 133 Å². The maximum Gasteiger partial charge on any atom is 0.246 e. The van der Waals surface area contributed by atoms with Crippen LogP contribution in [0.2, 0.25) is 0 Å². The molecule has 7 heteroatoms. The molecule has 7 nitrogen and oxygen atoms in total. The second kappa shape index (κ2) is 3.31. The van der Waals surface area contributed by atoms with Crippen molar-refractivity contribution in [2.75, 3.05) is 17.2 Å². The van der Waals surface area contributed by atoms with Crippen LogP contribution >= 0.6 is 0 Å². The van der Waals surface area contributed by atoms with Crippen molar-refractivity contribution in [1.29, 1.82) is 0 Å². The third-order valence-electron chi connectivity index (χ3n) is 1.24. The lowest BCUT2D eigenvalue weighted by molar-refractivity contribution is -0.0573. The van der Waals surface area contributed by atoms with E-state index in [0.29, 0.717) is 0 Å². The normalized spacial score (nSPS) is 12.5. The Morgan fingerprint density at radius 2 is 1.92 bits per heavy atom. The fourth-order valence-corrected chi connectivity index (χ4v) is 0.729. The number of ether oxygens (including phenoxy) is 1. The summed E-state index contributed by atoms with van der Waals surface area (Å²) in [7, 11) is 0. The Morgan fingerprint density at radius 1 is 1.31 bits per heavy atom. The summed E-state index contributed by atoms with van der Waals surface area (Å²) in [6.45, 7) is 1.30. The minimum absolute atomic E-state index is 0.00292. The van der Waals surface area contributed by atoms with Crippen LogP contribution in [0.15, 0.2) is 0 Å². The Kier molecular flexibility index (Phi) is 2.38. The lowest BCUT2D eigenvalue weighted by Gasteiger charge is -2.09. The fourth-order valence-electron chi connectivity index (χ4n) is 0.729. The summed E-state index contributed by atoms with van der Waals surface area (Å²) in [5.74, 6) is -0.155. The van der Waals surface area contributed by atoms with Crippen LogP contribution in [0.3, 0.4) is 0 Å². The van der Waals surface area contributed by atoms with E-state index < -0.39 is 6.29 Å². The van der Waals surface area contributed by atoms with Gasteiger partial charge in [0.05, 0.1) is 0 Å². The van der Waals surface area contributed by atoms with E-state index in [1.54, 1.807) is 0 Å². The van der Waals surface area contributed by atoms with Crippen molar-refractivity contribution in [2.24, 2.45) is 0 Å². The van der Waals surface area contributed by atoms with Gasteiger partial charge >= 0.3 is 0 Å². The highest BCUT2D eigenvalue weighted by Gasteiger charge is 2.11. The first-order valence-electron chi connectivity index (χ1n) is 3.51. The van der Waals surface area contributed by atoms with E-state index in [1.807, 2.05) is 0 Å². The summed E-state index contributed by atoms with van der Waals surface area (Å²) in [6, 6.07) is 0. The van der Waals surface area contributed by atoms with Crippen LogP contribution in [-0.4, -0.2) is 16.3 Å². The zero-order valence-electron chi connectivity index (χ0n) is 7.02. The molecule has 0 aliphatic heterocycles. The largest absolute Gasteiger partial charge is 0.444 e. The second-order valence-corrected chi connectivity index (χ2v) is 2.37. The summed E-state index contributed by atoms with van der Waals surface area (Å²) < 4.78 is 4.71. The Hall–Kier alpha value is -1.76. The first-order valence-corrected chi connectivity index (χ1v) is 3.51. The molecule has 1 rings (SSSR count). The van der Waals surface area contributed by atoms with Crippen molar-refractivity contribution in [2.45, 2.75) is 13.2 Å². The van der Waals surface area contributed by atoms with E-state index in [4.69, 9.17) is 21.9 Å². The van der Waals surface area contributed by atoms with Crippen molar-refractivity contribution in [3.8, 4) is 5.88 Å². The third kappa shape index (κ3) is 2.09. The van der Waals surface area contributed by atoms with Gasteiger partial charge in [-0.3, -0.25) is 0 Å². The van der Waals surface area contributed by atoms with E-state index in [0.717, 1.165) is 0 Å². The molecule has 0 spiro atoms. The molecular formula is C6H10N5O2. The molecule has 0 aliphatic rings. The molecule has 1 aromatic heterocycles. The average molecular weight is 184 g/mol. The molecule has 71 valence electrons. The molecule has 1 aromatic rings. The quantitative estimate of drug-likeness (QED) is 0.524. The number of hydrogen-bond donors (Lipinski definition) is 3. The van der Waals surface area contributed by atoms with Crippen molar-refractivity contribution in [1.82, 2.24) is 9.97 Å². The van der Waals surface area contributed by atoms with Crippen LogP contribution in [0.4, 0.5) is 17.5 Å². The van der Waals surface area contributed by atoms with Crippen LogP contribution in [0.5, 0.6) is 5.88 Å². The van der Waals surface area contributed by atoms with Crippen LogP contribution in [0, 0.1) is 0 Å². The molecule has 0 saturated carbocycles. The molecule has 1 unspecified atom stereocenters. The molecule has 1 heterocycles. The van der Waals surface area contributed by atoms with Gasteiger partial charge < -0.3 is 21.9 Å². The van der Waals surface area contributed by atoms with Gasteiger partial charge in [0.15, 0.2) is 5.82 Å². The minimum Gasteiger partial charge on any atom is -0.444 e. The van der Waals surface area contributed by atoms with E-state index in [2.05, 4.69) is 9.97 Å². The number of anilines is 3. The maximum atomic E-state index is 10.7. The van der Waals surface area contributed by atoms with Gasteiger partial charge in [-0.25, -0.2) is 0 Å². The van der Waals surface area contributed by atoms with Crippen LogP contribution in [-0.2, 0) is 5.11 Å². The molecule has 13 heavy (non-hydrogen) atoms. The molecule has 6 N–H and O–H groups in total. The third-order valence-corrected chi connectivity index (χ3v) is 1.24. The zero-order chi connectivity index (χ0) is 10.0. The SMILES string of the molecule is CC([O])Oc1nc(N)nc(N)c1N. The van der Waals surface area contributed by atoms with Crippen molar-refractivity contribution >= 4 is 17.5 Å². The predicted octanol–water partition coefficient (Wildman–Crippen LogP) is -0.621. The Labute approximate surface area is 74.5 Å². The highest BCUT2D eigenvalue weighted by molar-refractivity contribution is 5.65. The summed E-state index contributed by atoms with van der Waals surface area (Å²) in [5.41, 5.74) is 16.1. The van der Waals surface area contributed by atoms with Gasteiger partial charge in [-0.05, 0) is 0 Å². The number of hydrogen-bond acceptors (Lipinski definition) is 6. The van der Waals surface area contributed by atoms with Gasteiger partial charge in [-0.15, -0.1) is 0 Å². The predicted molar refractivity (Wildman–Crippen MR) is 46.0 cm³/mol. The lowest BCUT2D eigenvalue weighted by atomic mass is 10.4. The van der Waals surface area contributed by atoms with Crippen molar-refractivity contribution in [3.63, 3.8) is 0 Å². The minimum atomic E-state index is -1.28. The highest BCUT2D eigenvalue weighted by Crippen LogP contribution is 2.24. The van der Waals surface area contributed by atoms with Crippen molar-refractivity contribution < 1.29 is 9.84 Å². The monoisotopic (exact) mass is 184 g/mol. The lowest BCUT2D eigenvalue weighted by Crippen LogP contribution is -2.13. The van der Waals surface area contributed by atoms with Crippen LogP contribution in [0.1, 0.15) is 6.92 Å². The molecule has 0 bridgehead atoms. The number of aromatic nitrogens is 2. The van der Waals surface area contributed by atoms with Gasteiger partial charge in [0, 0.05) is 6.92 Å². The van der Waals surface area contributed by atoms with Crippen molar-refractivity contribution in [3.05, 3.63) is 0 Å². The fraction of sp³-hybridized carbons (Fsp3) is 0.333. The average Bonchev–Trinajstić information content (AvgIpc) is 1.98. The second-order valence-electron chi connectivity index (χ2n) is 2.37. The molecule has 1 atom stereocenters. The van der Waals surface area contributed by atoms with Gasteiger partial charge in [-0.2, -0.15) is 15.1 Å². The first kappa shape index (κ1) is 9.33. The smallest absolute Gasteiger partial charge is 0.246 e.